The van der Waals surface area contributed by atoms with Gasteiger partial charge in [-0.3, -0.25) is 14.7 Å². The molecule has 0 atom stereocenters. The molecule has 3 aromatic rings. The van der Waals surface area contributed by atoms with Crippen LogP contribution in [0.4, 0.5) is 11.6 Å². The number of anilines is 2. The topological polar surface area (TPSA) is 87.4 Å². The van der Waals surface area contributed by atoms with Crippen LogP contribution in [-0.2, 0) is 10.5 Å². The summed E-state index contributed by atoms with van der Waals surface area (Å²) in [6.45, 7) is 5.30. The number of aromatic nitrogens is 3. The number of hydrogen-bond donors (Lipinski definition) is 1. The summed E-state index contributed by atoms with van der Waals surface area (Å²) in [7, 11) is 0. The number of aryl methyl sites for hydroxylation is 1. The minimum atomic E-state index is -0.0872. The Balaban J connectivity index is 1.26. The molecule has 0 aliphatic carbocycles. The molecule has 0 saturated carbocycles. The van der Waals surface area contributed by atoms with E-state index in [0.717, 1.165) is 42.8 Å². The number of rotatable bonds is 7. The Labute approximate surface area is 179 Å². The zero-order valence-corrected chi connectivity index (χ0v) is 17.6. The molecule has 1 fully saturated rings. The average molecular weight is 425 g/mol. The average Bonchev–Trinajstić information content (AvgIpc) is 3.18. The van der Waals surface area contributed by atoms with Crippen LogP contribution in [0.2, 0.25) is 0 Å². The van der Waals surface area contributed by atoms with Gasteiger partial charge < -0.3 is 14.7 Å². The zero-order chi connectivity index (χ0) is 20.8. The first-order valence-corrected chi connectivity index (χ1v) is 10.8. The molecule has 1 aliphatic heterocycles. The molecule has 0 radical (unpaired) electrons. The molecule has 1 aliphatic rings. The van der Waals surface area contributed by atoms with E-state index in [4.69, 9.17) is 9.51 Å². The number of amides is 1. The molecule has 3 heterocycles. The van der Waals surface area contributed by atoms with E-state index in [1.54, 1.807) is 24.8 Å². The van der Waals surface area contributed by atoms with Crippen molar-refractivity contribution in [2.24, 2.45) is 0 Å². The van der Waals surface area contributed by atoms with Crippen LogP contribution in [0.5, 0.6) is 0 Å². The van der Waals surface area contributed by atoms with Crippen LogP contribution in [-0.4, -0.2) is 58.7 Å². The standard InChI is InChI=1S/C21H24N6O2S/c1-16-11-18(25-29-16)23-20(28)14-26-7-9-27(10-8-26)19-12-22-13-21(24-19)30-15-17-5-3-2-4-6-17/h2-6,11-13H,7-10,14-15H2,1H3,(H,23,25,28). The summed E-state index contributed by atoms with van der Waals surface area (Å²) in [5, 5.41) is 7.47. The van der Waals surface area contributed by atoms with Crippen molar-refractivity contribution in [2.75, 3.05) is 42.9 Å². The molecule has 0 unspecified atom stereocenters. The molecule has 8 nitrogen and oxygen atoms in total. The quantitative estimate of drug-likeness (QED) is 0.580. The predicted molar refractivity (Wildman–Crippen MR) is 117 cm³/mol. The maximum absolute atomic E-state index is 12.2. The van der Waals surface area contributed by atoms with Crippen LogP contribution in [0.1, 0.15) is 11.3 Å². The highest BCUT2D eigenvalue weighted by molar-refractivity contribution is 7.98. The van der Waals surface area contributed by atoms with Gasteiger partial charge in [0.05, 0.1) is 18.9 Å². The van der Waals surface area contributed by atoms with Gasteiger partial charge in [-0.1, -0.05) is 35.5 Å². The number of piperazine rings is 1. The lowest BCUT2D eigenvalue weighted by Crippen LogP contribution is -2.49. The Kier molecular flexibility index (Phi) is 6.60. The minimum Gasteiger partial charge on any atom is -0.360 e. The number of nitrogens with one attached hydrogen (secondary N) is 1. The number of nitrogens with zero attached hydrogens (tertiary/aromatic N) is 5. The predicted octanol–water partition coefficient (Wildman–Crippen LogP) is 2.83. The number of benzene rings is 1. The molecule has 9 heteroatoms. The van der Waals surface area contributed by atoms with Gasteiger partial charge in [0.2, 0.25) is 5.91 Å². The third-order valence-corrected chi connectivity index (χ3v) is 5.76. The van der Waals surface area contributed by atoms with Gasteiger partial charge in [0, 0.05) is 38.0 Å². The molecule has 30 heavy (non-hydrogen) atoms. The first-order valence-electron chi connectivity index (χ1n) is 9.85. The summed E-state index contributed by atoms with van der Waals surface area (Å²) >= 11 is 1.69. The van der Waals surface area contributed by atoms with Crippen LogP contribution in [0.15, 0.2) is 58.3 Å². The molecule has 2 aromatic heterocycles. The molecule has 1 N–H and O–H groups in total. The summed E-state index contributed by atoms with van der Waals surface area (Å²) < 4.78 is 4.97. The Bertz CT molecular complexity index is 972. The van der Waals surface area contributed by atoms with Crippen molar-refractivity contribution in [3.05, 3.63) is 60.1 Å². The number of carbonyl (C=O) groups excluding carboxylic acids is 1. The SMILES string of the molecule is Cc1cc(NC(=O)CN2CCN(c3cncc(SCc4ccccc4)n3)CC2)no1. The first kappa shape index (κ1) is 20.4. The second kappa shape index (κ2) is 9.73. The molecule has 0 spiro atoms. The summed E-state index contributed by atoms with van der Waals surface area (Å²) in [5.74, 6) is 2.79. The zero-order valence-electron chi connectivity index (χ0n) is 16.8. The fraction of sp³-hybridized carbons (Fsp3) is 0.333. The minimum absolute atomic E-state index is 0.0872. The molecular formula is C21H24N6O2S. The van der Waals surface area contributed by atoms with Crippen LogP contribution >= 0.6 is 11.8 Å². The summed E-state index contributed by atoms with van der Waals surface area (Å²) in [6, 6.07) is 12.0. The van der Waals surface area contributed by atoms with Crippen LogP contribution in [0, 0.1) is 6.92 Å². The van der Waals surface area contributed by atoms with Gasteiger partial charge in [0.15, 0.2) is 5.82 Å². The number of thioether (sulfide) groups is 1. The smallest absolute Gasteiger partial charge is 0.239 e. The van der Waals surface area contributed by atoms with Crippen LogP contribution < -0.4 is 10.2 Å². The summed E-state index contributed by atoms with van der Waals surface area (Å²) in [4.78, 5) is 25.7. The van der Waals surface area contributed by atoms with Crippen molar-refractivity contribution in [3.63, 3.8) is 0 Å². The maximum Gasteiger partial charge on any atom is 0.239 e. The van der Waals surface area contributed by atoms with Gasteiger partial charge in [-0.2, -0.15) is 0 Å². The highest BCUT2D eigenvalue weighted by Gasteiger charge is 2.21. The highest BCUT2D eigenvalue weighted by Crippen LogP contribution is 2.23. The van der Waals surface area contributed by atoms with E-state index in [2.05, 4.69) is 37.4 Å². The Morgan fingerprint density at radius 3 is 2.70 bits per heavy atom. The molecule has 4 rings (SSSR count). The first-order chi connectivity index (χ1) is 14.7. The lowest BCUT2D eigenvalue weighted by Gasteiger charge is -2.34. The van der Waals surface area contributed by atoms with E-state index in [1.165, 1.54) is 5.56 Å². The largest absolute Gasteiger partial charge is 0.360 e. The van der Waals surface area contributed by atoms with Crippen molar-refractivity contribution in [1.29, 1.82) is 0 Å². The lowest BCUT2D eigenvalue weighted by molar-refractivity contribution is -0.117. The van der Waals surface area contributed by atoms with Crippen LogP contribution in [0.25, 0.3) is 0 Å². The van der Waals surface area contributed by atoms with E-state index in [1.807, 2.05) is 30.6 Å². The molecule has 156 valence electrons. The number of carbonyl (C=O) groups is 1. The van der Waals surface area contributed by atoms with Crippen molar-refractivity contribution in [2.45, 2.75) is 17.7 Å². The highest BCUT2D eigenvalue weighted by atomic mass is 32.2. The molecule has 1 saturated heterocycles. The normalized spacial score (nSPS) is 14.6. The third-order valence-electron chi connectivity index (χ3n) is 4.79. The fourth-order valence-corrected chi connectivity index (χ4v) is 4.04. The van der Waals surface area contributed by atoms with E-state index in [9.17, 15) is 4.79 Å². The Hall–Kier alpha value is -2.91. The van der Waals surface area contributed by atoms with E-state index in [0.29, 0.717) is 18.1 Å². The summed E-state index contributed by atoms with van der Waals surface area (Å²) in [5.41, 5.74) is 1.27. The van der Waals surface area contributed by atoms with Crippen molar-refractivity contribution < 1.29 is 9.32 Å². The molecule has 1 aromatic carbocycles. The maximum atomic E-state index is 12.2. The van der Waals surface area contributed by atoms with Gasteiger partial charge in [-0.15, -0.1) is 11.8 Å². The molecule has 1 amide bonds. The molecule has 0 bridgehead atoms. The van der Waals surface area contributed by atoms with E-state index >= 15 is 0 Å². The third kappa shape index (κ3) is 5.58. The molecular weight excluding hydrogens is 400 g/mol. The van der Waals surface area contributed by atoms with Crippen molar-refractivity contribution in [3.8, 4) is 0 Å². The van der Waals surface area contributed by atoms with Crippen LogP contribution in [0.3, 0.4) is 0 Å². The van der Waals surface area contributed by atoms with Crippen molar-refractivity contribution in [1.82, 2.24) is 20.0 Å². The lowest BCUT2D eigenvalue weighted by atomic mass is 10.2. The number of hydrogen-bond acceptors (Lipinski definition) is 8. The van der Waals surface area contributed by atoms with E-state index < -0.39 is 0 Å². The van der Waals surface area contributed by atoms with Gasteiger partial charge in [0.25, 0.3) is 0 Å². The second-order valence-corrected chi connectivity index (χ2v) is 8.12. The fourth-order valence-electron chi connectivity index (χ4n) is 3.24. The van der Waals surface area contributed by atoms with Gasteiger partial charge in [-0.05, 0) is 12.5 Å². The van der Waals surface area contributed by atoms with E-state index in [-0.39, 0.29) is 5.91 Å². The summed E-state index contributed by atoms with van der Waals surface area (Å²) in [6.07, 6.45) is 3.62. The van der Waals surface area contributed by atoms with Crippen molar-refractivity contribution >= 4 is 29.3 Å². The van der Waals surface area contributed by atoms with Gasteiger partial charge in [-0.25, -0.2) is 4.98 Å². The monoisotopic (exact) mass is 424 g/mol. The van der Waals surface area contributed by atoms with Gasteiger partial charge in [0.1, 0.15) is 16.6 Å². The Morgan fingerprint density at radius 2 is 1.97 bits per heavy atom. The Morgan fingerprint density at radius 1 is 1.17 bits per heavy atom. The second-order valence-electron chi connectivity index (χ2n) is 7.12. The van der Waals surface area contributed by atoms with Gasteiger partial charge >= 0.3 is 0 Å².